The van der Waals surface area contributed by atoms with Gasteiger partial charge in [0.2, 0.25) is 0 Å². The second-order valence-corrected chi connectivity index (χ2v) is 8.13. The van der Waals surface area contributed by atoms with Crippen molar-refractivity contribution in [2.24, 2.45) is 0 Å². The Morgan fingerprint density at radius 2 is 1.67 bits per heavy atom. The van der Waals surface area contributed by atoms with Crippen LogP contribution in [0, 0.1) is 0 Å². The highest BCUT2D eigenvalue weighted by Gasteiger charge is 2.19. The van der Waals surface area contributed by atoms with Crippen LogP contribution in [0.2, 0.25) is 0 Å². The lowest BCUT2D eigenvalue weighted by atomic mass is 10.0. The van der Waals surface area contributed by atoms with Gasteiger partial charge in [-0.2, -0.15) is 0 Å². The van der Waals surface area contributed by atoms with Crippen LogP contribution in [0.5, 0.6) is 0 Å². The predicted molar refractivity (Wildman–Crippen MR) is 121 cm³/mol. The topological polar surface area (TPSA) is 50.4 Å². The van der Waals surface area contributed by atoms with E-state index in [1.807, 2.05) is 47.0 Å². The Kier molecular flexibility index (Phi) is 5.39. The Hall–Kier alpha value is -2.89. The molecular formula is C25H27N3O2. The Bertz CT molecular complexity index is 1170. The van der Waals surface area contributed by atoms with Gasteiger partial charge >= 0.3 is 0 Å². The molecule has 1 saturated heterocycles. The molecule has 0 aliphatic carbocycles. The Balaban J connectivity index is 1.13. The Labute approximate surface area is 175 Å². The third kappa shape index (κ3) is 4.04. The molecule has 0 unspecified atom stereocenters. The van der Waals surface area contributed by atoms with Crippen LogP contribution >= 0.6 is 0 Å². The maximum absolute atomic E-state index is 12.4. The van der Waals surface area contributed by atoms with Crippen LogP contribution < -0.4 is 10.9 Å². The van der Waals surface area contributed by atoms with Gasteiger partial charge in [0.25, 0.3) is 5.56 Å². The maximum atomic E-state index is 12.4. The Morgan fingerprint density at radius 3 is 2.50 bits per heavy atom. The monoisotopic (exact) mass is 401 g/mol. The molecule has 1 N–H and O–H groups in total. The summed E-state index contributed by atoms with van der Waals surface area (Å²) in [5, 5.41) is 5.93. The standard InChI is InChI=1S/C25H27N3O2/c29-25-10-9-19-5-1-3-7-23(19)28(25)16-15-27-13-11-21(12-14-27)26-18-22-17-20-6-2-4-8-24(20)30-22/h1-10,17,21,26H,11-16,18H2. The second-order valence-electron chi connectivity index (χ2n) is 8.13. The van der Waals surface area contributed by atoms with Crippen molar-refractivity contribution >= 4 is 21.9 Å². The number of fused-ring (bicyclic) bond motifs is 2. The van der Waals surface area contributed by atoms with E-state index in [1.54, 1.807) is 6.07 Å². The van der Waals surface area contributed by atoms with E-state index < -0.39 is 0 Å². The summed E-state index contributed by atoms with van der Waals surface area (Å²) in [6, 6.07) is 22.5. The molecule has 0 atom stereocenters. The average Bonchev–Trinajstić information content (AvgIpc) is 3.21. The van der Waals surface area contributed by atoms with E-state index in [0.29, 0.717) is 6.04 Å². The molecule has 0 amide bonds. The molecule has 3 heterocycles. The summed E-state index contributed by atoms with van der Waals surface area (Å²) in [7, 11) is 0. The van der Waals surface area contributed by atoms with Gasteiger partial charge in [-0.25, -0.2) is 0 Å². The van der Waals surface area contributed by atoms with E-state index >= 15 is 0 Å². The number of furan rings is 1. The van der Waals surface area contributed by atoms with E-state index in [0.717, 1.165) is 73.2 Å². The van der Waals surface area contributed by atoms with E-state index in [1.165, 1.54) is 0 Å². The summed E-state index contributed by atoms with van der Waals surface area (Å²) in [4.78, 5) is 14.8. The van der Waals surface area contributed by atoms with Crippen molar-refractivity contribution in [3.8, 4) is 0 Å². The molecule has 1 aliphatic heterocycles. The number of nitrogens with one attached hydrogen (secondary N) is 1. The van der Waals surface area contributed by atoms with Gasteiger partial charge in [0, 0.05) is 30.6 Å². The van der Waals surface area contributed by atoms with E-state index in [9.17, 15) is 4.79 Å². The van der Waals surface area contributed by atoms with E-state index in [4.69, 9.17) is 4.42 Å². The van der Waals surface area contributed by atoms with Gasteiger partial charge in [-0.1, -0.05) is 36.4 Å². The predicted octanol–water partition coefficient (Wildman–Crippen LogP) is 4.00. The first-order valence-electron chi connectivity index (χ1n) is 10.8. The molecule has 1 fully saturated rings. The van der Waals surface area contributed by atoms with Crippen molar-refractivity contribution in [3.63, 3.8) is 0 Å². The van der Waals surface area contributed by atoms with Gasteiger partial charge in [0.15, 0.2) is 0 Å². The number of likely N-dealkylation sites (tertiary alicyclic amines) is 1. The molecule has 5 nitrogen and oxygen atoms in total. The maximum Gasteiger partial charge on any atom is 0.251 e. The molecule has 154 valence electrons. The number of piperidine rings is 1. The van der Waals surface area contributed by atoms with Crippen LogP contribution in [0.15, 0.2) is 75.9 Å². The fourth-order valence-electron chi connectivity index (χ4n) is 4.45. The quantitative estimate of drug-likeness (QED) is 0.531. The number of rotatable bonds is 6. The van der Waals surface area contributed by atoms with E-state index in [2.05, 4.69) is 28.4 Å². The summed E-state index contributed by atoms with van der Waals surface area (Å²) in [6.45, 7) is 4.51. The molecule has 2 aromatic heterocycles. The highest BCUT2D eigenvalue weighted by Crippen LogP contribution is 2.19. The first kappa shape index (κ1) is 19.1. The lowest BCUT2D eigenvalue weighted by Crippen LogP contribution is -2.43. The van der Waals surface area contributed by atoms with Gasteiger partial charge in [0.05, 0.1) is 12.1 Å². The normalized spacial score (nSPS) is 15.9. The van der Waals surface area contributed by atoms with Crippen molar-refractivity contribution < 1.29 is 4.42 Å². The zero-order valence-electron chi connectivity index (χ0n) is 17.1. The van der Waals surface area contributed by atoms with E-state index in [-0.39, 0.29) is 5.56 Å². The third-order valence-corrected chi connectivity index (χ3v) is 6.17. The largest absolute Gasteiger partial charge is 0.460 e. The summed E-state index contributed by atoms with van der Waals surface area (Å²) >= 11 is 0. The minimum absolute atomic E-state index is 0.0797. The zero-order valence-corrected chi connectivity index (χ0v) is 17.1. The van der Waals surface area contributed by atoms with Gasteiger partial charge in [-0.3, -0.25) is 4.79 Å². The SMILES string of the molecule is O=c1ccc2ccccc2n1CCN1CCC(NCc2cc3ccccc3o2)CC1. The highest BCUT2D eigenvalue weighted by atomic mass is 16.3. The summed E-state index contributed by atoms with van der Waals surface area (Å²) in [5.74, 6) is 0.994. The van der Waals surface area contributed by atoms with Crippen molar-refractivity contribution in [2.45, 2.75) is 32.0 Å². The molecule has 4 aromatic rings. The molecule has 5 rings (SSSR count). The molecule has 1 aliphatic rings. The molecule has 0 radical (unpaired) electrons. The molecule has 0 spiro atoms. The smallest absolute Gasteiger partial charge is 0.251 e. The minimum Gasteiger partial charge on any atom is -0.460 e. The Morgan fingerprint density at radius 1 is 0.900 bits per heavy atom. The van der Waals surface area contributed by atoms with Crippen LogP contribution in [0.1, 0.15) is 18.6 Å². The van der Waals surface area contributed by atoms with Gasteiger partial charge < -0.3 is 19.2 Å². The molecule has 2 aromatic carbocycles. The van der Waals surface area contributed by atoms with Gasteiger partial charge in [-0.05, 0) is 55.6 Å². The third-order valence-electron chi connectivity index (χ3n) is 6.17. The van der Waals surface area contributed by atoms with Crippen LogP contribution in [0.3, 0.4) is 0 Å². The fourth-order valence-corrected chi connectivity index (χ4v) is 4.45. The minimum atomic E-state index is 0.0797. The molecule has 30 heavy (non-hydrogen) atoms. The van der Waals surface area contributed by atoms with Crippen molar-refractivity contribution in [1.29, 1.82) is 0 Å². The average molecular weight is 402 g/mol. The number of nitrogens with zero attached hydrogens (tertiary/aromatic N) is 2. The summed E-state index contributed by atoms with van der Waals surface area (Å²) < 4.78 is 7.81. The number of para-hydroxylation sites is 2. The van der Waals surface area contributed by atoms with Crippen LogP contribution in [-0.2, 0) is 13.1 Å². The number of hydrogen-bond acceptors (Lipinski definition) is 4. The molecule has 5 heteroatoms. The summed E-state index contributed by atoms with van der Waals surface area (Å²) in [6.07, 6.45) is 2.23. The lowest BCUT2D eigenvalue weighted by molar-refractivity contribution is 0.190. The van der Waals surface area contributed by atoms with Gasteiger partial charge in [-0.15, -0.1) is 0 Å². The summed E-state index contributed by atoms with van der Waals surface area (Å²) in [5.41, 5.74) is 2.05. The van der Waals surface area contributed by atoms with Crippen molar-refractivity contribution in [2.75, 3.05) is 19.6 Å². The molecule has 0 saturated carbocycles. The number of pyridine rings is 1. The van der Waals surface area contributed by atoms with Gasteiger partial charge in [0.1, 0.15) is 11.3 Å². The highest BCUT2D eigenvalue weighted by molar-refractivity contribution is 5.79. The van der Waals surface area contributed by atoms with Crippen molar-refractivity contribution in [3.05, 3.63) is 82.8 Å². The van der Waals surface area contributed by atoms with Crippen molar-refractivity contribution in [1.82, 2.24) is 14.8 Å². The lowest BCUT2D eigenvalue weighted by Gasteiger charge is -2.32. The van der Waals surface area contributed by atoms with Crippen LogP contribution in [0.4, 0.5) is 0 Å². The van der Waals surface area contributed by atoms with Crippen LogP contribution in [0.25, 0.3) is 21.9 Å². The zero-order chi connectivity index (χ0) is 20.3. The second kappa shape index (κ2) is 8.46. The fraction of sp³-hybridized carbons (Fsp3) is 0.320. The first-order valence-corrected chi connectivity index (χ1v) is 10.8. The first-order chi connectivity index (χ1) is 14.8. The number of hydrogen-bond donors (Lipinski definition) is 1. The molecular weight excluding hydrogens is 374 g/mol. The number of aromatic nitrogens is 1. The van der Waals surface area contributed by atoms with Crippen LogP contribution in [-0.4, -0.2) is 35.1 Å². The molecule has 0 bridgehead atoms. The number of benzene rings is 2.